The Morgan fingerprint density at radius 2 is 1.79 bits per heavy atom. The van der Waals surface area contributed by atoms with Gasteiger partial charge in [-0.05, 0) is 43.9 Å². The molecule has 3 aromatic rings. The number of carbonyl (C=O) groups is 1. The third kappa shape index (κ3) is 4.86. The van der Waals surface area contributed by atoms with Crippen LogP contribution >= 0.6 is 0 Å². The number of benzene rings is 2. The van der Waals surface area contributed by atoms with Gasteiger partial charge < -0.3 is 9.26 Å². The molecule has 1 aliphatic carbocycles. The number of ether oxygens (including phenoxy) is 1. The van der Waals surface area contributed by atoms with Crippen molar-refractivity contribution < 1.29 is 22.5 Å². The predicted octanol–water partition coefficient (Wildman–Crippen LogP) is 4.85. The Labute approximate surface area is 222 Å². The number of aliphatic imine (C=N–C) groups is 1. The predicted molar refractivity (Wildman–Crippen MR) is 144 cm³/mol. The lowest BCUT2D eigenvalue weighted by atomic mass is 9.98. The van der Waals surface area contributed by atoms with Crippen molar-refractivity contribution in [2.45, 2.75) is 62.9 Å². The number of amidine groups is 1. The first-order valence-corrected chi connectivity index (χ1v) is 14.3. The topological polar surface area (TPSA) is 114 Å². The highest BCUT2D eigenvalue weighted by Crippen LogP contribution is 2.40. The molecular weight excluding hydrogens is 504 g/mol. The van der Waals surface area contributed by atoms with E-state index in [0.717, 1.165) is 42.6 Å². The number of carbonyl (C=O) groups excluding carboxylic acids is 1. The molecule has 2 heterocycles. The van der Waals surface area contributed by atoms with Gasteiger partial charge in [-0.15, -0.1) is 0 Å². The quantitative estimate of drug-likeness (QED) is 0.418. The molecule has 10 heteroatoms. The number of methoxy groups -OCH3 is 1. The third-order valence-electron chi connectivity index (χ3n) is 7.42. The van der Waals surface area contributed by atoms with Crippen molar-refractivity contribution in [2.75, 3.05) is 18.4 Å². The van der Waals surface area contributed by atoms with E-state index in [0.29, 0.717) is 36.4 Å². The summed E-state index contributed by atoms with van der Waals surface area (Å²) < 4.78 is 39.5. The fourth-order valence-corrected chi connectivity index (χ4v) is 6.43. The zero-order valence-electron chi connectivity index (χ0n) is 21.9. The number of hydrogen-bond donors (Lipinski definition) is 1. The number of nitrogens with one attached hydrogen (secondary N) is 1. The lowest BCUT2D eigenvalue weighted by molar-refractivity contribution is -0.131. The van der Waals surface area contributed by atoms with Gasteiger partial charge in [0.15, 0.2) is 0 Å². The highest BCUT2D eigenvalue weighted by atomic mass is 32.2. The largest absolute Gasteiger partial charge is 0.384 e. The van der Waals surface area contributed by atoms with Crippen LogP contribution in [-0.2, 0) is 26.1 Å². The standard InChI is InChI=1S/C28H32N4O5S/c1-19-20(2)30-37-26(19)31-38(34,35)24-9-5-4-8-23(24)22-12-10-21(11-13-22)18-32-25(14-17-36-3)29-28(27(32)33)15-6-7-16-28/h4-5,8-13,31H,6-7,14-18H2,1-3H3. The lowest BCUT2D eigenvalue weighted by Gasteiger charge is -2.23. The molecule has 0 saturated heterocycles. The molecule has 0 atom stereocenters. The number of aromatic nitrogens is 1. The maximum absolute atomic E-state index is 13.4. The second-order valence-corrected chi connectivity index (χ2v) is 11.6. The highest BCUT2D eigenvalue weighted by Gasteiger charge is 2.49. The van der Waals surface area contributed by atoms with Crippen LogP contribution in [0.4, 0.5) is 5.88 Å². The average molecular weight is 537 g/mol. The fourth-order valence-electron chi connectivity index (χ4n) is 5.16. The molecule has 9 nitrogen and oxygen atoms in total. The van der Waals surface area contributed by atoms with Crippen molar-refractivity contribution in [1.29, 1.82) is 0 Å². The van der Waals surface area contributed by atoms with Crippen LogP contribution in [0, 0.1) is 13.8 Å². The van der Waals surface area contributed by atoms with Crippen LogP contribution in [-0.4, -0.2) is 49.5 Å². The highest BCUT2D eigenvalue weighted by molar-refractivity contribution is 7.92. The van der Waals surface area contributed by atoms with Crippen LogP contribution < -0.4 is 4.72 Å². The van der Waals surface area contributed by atoms with Crippen LogP contribution in [0.3, 0.4) is 0 Å². The Bertz CT molecular complexity index is 1470. The van der Waals surface area contributed by atoms with Gasteiger partial charge in [-0.2, -0.15) is 0 Å². The van der Waals surface area contributed by atoms with E-state index in [1.54, 1.807) is 50.1 Å². The second kappa shape index (κ2) is 10.3. The van der Waals surface area contributed by atoms with E-state index < -0.39 is 15.6 Å². The summed E-state index contributed by atoms with van der Waals surface area (Å²) in [6.45, 7) is 4.42. The number of aryl methyl sites for hydroxylation is 1. The maximum Gasteiger partial charge on any atom is 0.264 e. The maximum atomic E-state index is 13.4. The molecule has 0 radical (unpaired) electrons. The van der Waals surface area contributed by atoms with Gasteiger partial charge in [-0.1, -0.05) is 60.5 Å². The Morgan fingerprint density at radius 1 is 1.08 bits per heavy atom. The van der Waals surface area contributed by atoms with Crippen LogP contribution in [0.15, 0.2) is 62.9 Å². The second-order valence-electron chi connectivity index (χ2n) is 9.92. The molecule has 38 heavy (non-hydrogen) atoms. The fraction of sp³-hybridized carbons (Fsp3) is 0.393. The summed E-state index contributed by atoms with van der Waals surface area (Å²) in [5, 5.41) is 3.83. The molecule has 1 fully saturated rings. The van der Waals surface area contributed by atoms with E-state index in [1.807, 2.05) is 24.3 Å². The molecule has 1 spiro atoms. The van der Waals surface area contributed by atoms with Crippen molar-refractivity contribution in [1.82, 2.24) is 10.1 Å². The number of rotatable bonds is 9. The molecule has 0 unspecified atom stereocenters. The van der Waals surface area contributed by atoms with E-state index in [9.17, 15) is 13.2 Å². The smallest absolute Gasteiger partial charge is 0.264 e. The Kier molecular flexibility index (Phi) is 7.11. The number of amides is 1. The van der Waals surface area contributed by atoms with Crippen molar-refractivity contribution in [3.8, 4) is 11.1 Å². The molecule has 2 aromatic carbocycles. The minimum absolute atomic E-state index is 0.0747. The Morgan fingerprint density at radius 3 is 2.45 bits per heavy atom. The molecule has 0 bridgehead atoms. The molecule has 5 rings (SSSR count). The molecule has 200 valence electrons. The van der Waals surface area contributed by atoms with Gasteiger partial charge in [-0.3, -0.25) is 14.7 Å². The molecule has 1 aliphatic heterocycles. The van der Waals surface area contributed by atoms with E-state index in [-0.39, 0.29) is 16.7 Å². The van der Waals surface area contributed by atoms with Gasteiger partial charge in [0.2, 0.25) is 5.88 Å². The summed E-state index contributed by atoms with van der Waals surface area (Å²) in [6.07, 6.45) is 4.21. The third-order valence-corrected chi connectivity index (χ3v) is 8.81. The van der Waals surface area contributed by atoms with E-state index >= 15 is 0 Å². The molecule has 1 amide bonds. The number of nitrogens with zero attached hydrogens (tertiary/aromatic N) is 3. The monoisotopic (exact) mass is 536 g/mol. The molecule has 1 aromatic heterocycles. The summed E-state index contributed by atoms with van der Waals surface area (Å²) in [5.41, 5.74) is 2.90. The molecular formula is C28H32N4O5S. The zero-order chi connectivity index (χ0) is 26.9. The SMILES string of the molecule is COCCC1=NC2(CCCC2)C(=O)N1Cc1ccc(-c2ccccc2S(=O)(=O)Nc2onc(C)c2C)cc1. The number of hydrogen-bond acceptors (Lipinski definition) is 7. The van der Waals surface area contributed by atoms with Gasteiger partial charge >= 0.3 is 0 Å². The first-order valence-electron chi connectivity index (χ1n) is 12.8. The van der Waals surface area contributed by atoms with E-state index in [2.05, 4.69) is 9.88 Å². The number of anilines is 1. The van der Waals surface area contributed by atoms with Crippen molar-refractivity contribution >= 4 is 27.7 Å². The van der Waals surface area contributed by atoms with Gasteiger partial charge in [0, 0.05) is 24.7 Å². The minimum atomic E-state index is -3.93. The van der Waals surface area contributed by atoms with Gasteiger partial charge in [0.05, 0.1) is 23.7 Å². The summed E-state index contributed by atoms with van der Waals surface area (Å²) in [6, 6.07) is 14.4. The summed E-state index contributed by atoms with van der Waals surface area (Å²) in [4.78, 5) is 20.2. The Balaban J connectivity index is 1.38. The minimum Gasteiger partial charge on any atom is -0.384 e. The summed E-state index contributed by atoms with van der Waals surface area (Å²) in [5.74, 6) is 0.961. The van der Waals surface area contributed by atoms with Crippen LogP contribution in [0.2, 0.25) is 0 Å². The van der Waals surface area contributed by atoms with Crippen LogP contribution in [0.25, 0.3) is 11.1 Å². The first-order chi connectivity index (χ1) is 18.2. The lowest BCUT2D eigenvalue weighted by Crippen LogP contribution is -2.40. The van der Waals surface area contributed by atoms with Crippen molar-refractivity contribution in [2.24, 2.45) is 4.99 Å². The first kappa shape index (κ1) is 26.1. The number of sulfonamides is 1. The molecule has 2 aliphatic rings. The van der Waals surface area contributed by atoms with E-state index in [4.69, 9.17) is 14.3 Å². The van der Waals surface area contributed by atoms with Crippen molar-refractivity contribution in [3.05, 3.63) is 65.4 Å². The van der Waals surface area contributed by atoms with Crippen LogP contribution in [0.5, 0.6) is 0 Å². The Hall–Kier alpha value is -3.50. The molecule has 1 N–H and O–H groups in total. The van der Waals surface area contributed by atoms with Gasteiger partial charge in [-0.25, -0.2) is 13.1 Å². The van der Waals surface area contributed by atoms with Gasteiger partial charge in [0.25, 0.3) is 15.9 Å². The van der Waals surface area contributed by atoms with Gasteiger partial charge in [0.1, 0.15) is 11.4 Å². The van der Waals surface area contributed by atoms with Crippen molar-refractivity contribution in [3.63, 3.8) is 0 Å². The summed E-state index contributed by atoms with van der Waals surface area (Å²) >= 11 is 0. The molecule has 1 saturated carbocycles. The average Bonchev–Trinajstić information content (AvgIpc) is 3.59. The van der Waals surface area contributed by atoms with Crippen LogP contribution in [0.1, 0.15) is 48.9 Å². The normalized spacial score (nSPS) is 16.9. The summed E-state index contributed by atoms with van der Waals surface area (Å²) in [7, 11) is -2.28. The zero-order valence-corrected chi connectivity index (χ0v) is 22.7. The van der Waals surface area contributed by atoms with E-state index in [1.165, 1.54) is 0 Å².